The van der Waals surface area contributed by atoms with Gasteiger partial charge in [-0.15, -0.1) is 0 Å². The Hall–Kier alpha value is -2.32. The number of fused-ring (bicyclic) bond motifs is 3. The minimum atomic E-state index is -3.82. The zero-order chi connectivity index (χ0) is 15.2. The molecule has 2 heterocycles. The number of hydrogen-bond donors (Lipinski definition) is 1. The summed E-state index contributed by atoms with van der Waals surface area (Å²) in [5.41, 5.74) is 1.71. The highest BCUT2D eigenvalue weighted by atomic mass is 32.2. The summed E-state index contributed by atoms with van der Waals surface area (Å²) in [6.45, 7) is 2.14. The average Bonchev–Trinajstić information content (AvgIpc) is 2.77. The lowest BCUT2D eigenvalue weighted by Gasteiger charge is -2.10. The van der Waals surface area contributed by atoms with E-state index in [1.165, 1.54) is 18.2 Å². The van der Waals surface area contributed by atoms with Gasteiger partial charge in [0.25, 0.3) is 5.91 Å². The topological polar surface area (TPSA) is 111 Å². The van der Waals surface area contributed by atoms with Crippen molar-refractivity contribution in [3.05, 3.63) is 29.8 Å². The van der Waals surface area contributed by atoms with Crippen LogP contribution >= 0.6 is 0 Å². The molecule has 8 heteroatoms. The van der Waals surface area contributed by atoms with Crippen LogP contribution in [0.25, 0.3) is 5.57 Å². The van der Waals surface area contributed by atoms with Crippen molar-refractivity contribution in [1.82, 2.24) is 0 Å². The Morgan fingerprint density at radius 2 is 2.05 bits per heavy atom. The molecule has 0 radical (unpaired) electrons. The highest BCUT2D eigenvalue weighted by Crippen LogP contribution is 2.37. The van der Waals surface area contributed by atoms with Gasteiger partial charge in [0.05, 0.1) is 17.2 Å². The third kappa shape index (κ3) is 2.28. The van der Waals surface area contributed by atoms with Gasteiger partial charge in [-0.2, -0.15) is 4.99 Å². The van der Waals surface area contributed by atoms with Gasteiger partial charge < -0.3 is 4.74 Å². The maximum atomic E-state index is 11.9. The minimum Gasteiger partial charge on any atom is -0.478 e. The van der Waals surface area contributed by atoms with Gasteiger partial charge in [0.1, 0.15) is 5.71 Å². The van der Waals surface area contributed by atoms with Gasteiger partial charge in [-0.25, -0.2) is 18.5 Å². The van der Waals surface area contributed by atoms with Crippen molar-refractivity contribution in [2.24, 2.45) is 15.1 Å². The number of dihydropyridines is 1. The van der Waals surface area contributed by atoms with E-state index >= 15 is 0 Å². The normalized spacial score (nSPS) is 16.7. The molecule has 21 heavy (non-hydrogen) atoms. The summed E-state index contributed by atoms with van der Waals surface area (Å²) >= 11 is 0. The van der Waals surface area contributed by atoms with E-state index in [-0.39, 0.29) is 16.5 Å². The summed E-state index contributed by atoms with van der Waals surface area (Å²) in [7, 11) is -3.82. The monoisotopic (exact) mass is 305 g/mol. The van der Waals surface area contributed by atoms with Gasteiger partial charge in [0.15, 0.2) is 0 Å². The maximum Gasteiger partial charge on any atom is 0.299 e. The van der Waals surface area contributed by atoms with Crippen LogP contribution in [0.1, 0.15) is 12.5 Å². The molecule has 7 nitrogen and oxygen atoms in total. The van der Waals surface area contributed by atoms with Crippen molar-refractivity contribution >= 4 is 38.8 Å². The first-order valence-corrected chi connectivity index (χ1v) is 7.68. The van der Waals surface area contributed by atoms with Crippen molar-refractivity contribution in [2.75, 3.05) is 6.61 Å². The number of amides is 1. The predicted octanol–water partition coefficient (Wildman–Crippen LogP) is 0.779. The first-order valence-electron chi connectivity index (χ1n) is 6.14. The molecule has 1 amide bonds. The molecule has 3 rings (SSSR count). The second kappa shape index (κ2) is 4.61. The summed E-state index contributed by atoms with van der Waals surface area (Å²) in [4.78, 5) is 19.8. The Kier molecular flexibility index (Phi) is 2.99. The molecular weight excluding hydrogens is 294 g/mol. The molecule has 0 aliphatic carbocycles. The zero-order valence-corrected chi connectivity index (χ0v) is 11.8. The average molecular weight is 305 g/mol. The first kappa shape index (κ1) is 13.7. The summed E-state index contributed by atoms with van der Waals surface area (Å²) in [5, 5.41) is 5.12. The summed E-state index contributed by atoms with van der Waals surface area (Å²) in [6.07, 6.45) is 1.57. The number of aliphatic imine (C=N–C) groups is 2. The molecular formula is C13H11N3O4S. The number of hydrogen-bond acceptors (Lipinski definition) is 5. The molecule has 0 saturated carbocycles. The number of benzene rings is 1. The van der Waals surface area contributed by atoms with Crippen molar-refractivity contribution in [1.29, 1.82) is 0 Å². The molecule has 0 spiro atoms. The Morgan fingerprint density at radius 3 is 2.71 bits per heavy atom. The SMILES string of the molecule is CCOC1=NC(=O)C2=Nc3ccc(S(N)(=O)=O)cc3C2=C1. The lowest BCUT2D eigenvalue weighted by Crippen LogP contribution is -2.20. The van der Waals surface area contributed by atoms with E-state index < -0.39 is 15.9 Å². The number of carbonyl (C=O) groups excluding carboxylic acids is 1. The third-order valence-corrected chi connectivity index (χ3v) is 3.96. The molecule has 0 aromatic heterocycles. The second-order valence-corrected chi connectivity index (χ2v) is 5.99. The third-order valence-electron chi connectivity index (χ3n) is 3.05. The Labute approximate surface area is 120 Å². The number of sulfonamides is 1. The Bertz CT molecular complexity index is 850. The molecule has 108 valence electrons. The van der Waals surface area contributed by atoms with Crippen LogP contribution in [0.5, 0.6) is 0 Å². The number of nitrogens with zero attached hydrogens (tertiary/aromatic N) is 2. The fourth-order valence-electron chi connectivity index (χ4n) is 2.15. The van der Waals surface area contributed by atoms with Crippen molar-refractivity contribution in [3.8, 4) is 0 Å². The lowest BCUT2D eigenvalue weighted by molar-refractivity contribution is -0.111. The van der Waals surface area contributed by atoms with E-state index in [1.54, 1.807) is 13.0 Å². The fourth-order valence-corrected chi connectivity index (χ4v) is 2.69. The van der Waals surface area contributed by atoms with Gasteiger partial charge in [0.2, 0.25) is 15.9 Å². The largest absolute Gasteiger partial charge is 0.478 e. The lowest BCUT2D eigenvalue weighted by atomic mass is 10.0. The summed E-state index contributed by atoms with van der Waals surface area (Å²) < 4.78 is 28.1. The summed E-state index contributed by atoms with van der Waals surface area (Å²) in [5.74, 6) is -0.324. The quantitative estimate of drug-likeness (QED) is 0.870. The van der Waals surface area contributed by atoms with Crippen LogP contribution in [-0.2, 0) is 19.6 Å². The highest BCUT2D eigenvalue weighted by Gasteiger charge is 2.31. The molecule has 1 aromatic carbocycles. The molecule has 1 aromatic rings. The van der Waals surface area contributed by atoms with Crippen LogP contribution in [0.2, 0.25) is 0 Å². The molecule has 0 fully saturated rings. The number of nitrogens with two attached hydrogens (primary N) is 1. The molecule has 2 aliphatic rings. The zero-order valence-electron chi connectivity index (χ0n) is 11.0. The van der Waals surface area contributed by atoms with E-state index in [2.05, 4.69) is 9.98 Å². The molecule has 0 atom stereocenters. The first-order chi connectivity index (χ1) is 9.90. The smallest absolute Gasteiger partial charge is 0.299 e. The van der Waals surface area contributed by atoms with E-state index in [1.807, 2.05) is 0 Å². The Balaban J connectivity index is 2.14. The summed E-state index contributed by atoms with van der Waals surface area (Å²) in [6, 6.07) is 4.26. The van der Waals surface area contributed by atoms with Gasteiger partial charge >= 0.3 is 0 Å². The van der Waals surface area contributed by atoms with Gasteiger partial charge in [0, 0.05) is 17.2 Å². The standard InChI is InChI=1S/C13H11N3O4S/c1-2-20-11-6-9-8-5-7(21(14,18)19)3-4-10(8)15-12(9)13(17)16-11/h3-6H,2H2,1H3,(H2,14,18,19). The number of ether oxygens (including phenoxy) is 1. The van der Waals surface area contributed by atoms with Crippen LogP contribution in [0.3, 0.4) is 0 Å². The van der Waals surface area contributed by atoms with Gasteiger partial charge in [-0.05, 0) is 25.1 Å². The van der Waals surface area contributed by atoms with Crippen LogP contribution in [0, 0.1) is 0 Å². The molecule has 2 aliphatic heterocycles. The van der Waals surface area contributed by atoms with Crippen molar-refractivity contribution in [2.45, 2.75) is 11.8 Å². The van der Waals surface area contributed by atoms with Crippen molar-refractivity contribution in [3.63, 3.8) is 0 Å². The van der Waals surface area contributed by atoms with Crippen LogP contribution in [-0.4, -0.2) is 32.5 Å². The number of primary sulfonamides is 1. The van der Waals surface area contributed by atoms with E-state index in [0.717, 1.165) is 0 Å². The van der Waals surface area contributed by atoms with Gasteiger partial charge in [-0.3, -0.25) is 4.79 Å². The van der Waals surface area contributed by atoms with Crippen LogP contribution in [0.15, 0.2) is 39.2 Å². The molecule has 0 saturated heterocycles. The highest BCUT2D eigenvalue weighted by molar-refractivity contribution is 7.89. The van der Waals surface area contributed by atoms with Crippen LogP contribution in [0.4, 0.5) is 5.69 Å². The van der Waals surface area contributed by atoms with Crippen LogP contribution < -0.4 is 5.14 Å². The van der Waals surface area contributed by atoms with E-state index in [0.29, 0.717) is 23.4 Å². The molecule has 0 unspecified atom stereocenters. The number of carbonyl (C=O) groups is 1. The molecule has 2 N–H and O–H groups in total. The minimum absolute atomic E-state index is 0.0356. The number of rotatable bonds is 2. The molecule has 0 bridgehead atoms. The van der Waals surface area contributed by atoms with E-state index in [4.69, 9.17) is 9.88 Å². The second-order valence-electron chi connectivity index (χ2n) is 4.43. The fraction of sp³-hybridized carbons (Fsp3) is 0.154. The van der Waals surface area contributed by atoms with Gasteiger partial charge in [-0.1, -0.05) is 0 Å². The Morgan fingerprint density at radius 1 is 1.29 bits per heavy atom. The van der Waals surface area contributed by atoms with E-state index in [9.17, 15) is 13.2 Å². The predicted molar refractivity (Wildman–Crippen MR) is 77.0 cm³/mol. The van der Waals surface area contributed by atoms with Crippen molar-refractivity contribution < 1.29 is 17.9 Å². The maximum absolute atomic E-state index is 11.9.